The topological polar surface area (TPSA) is 75.8 Å². The van der Waals surface area contributed by atoms with Crippen LogP contribution in [0.4, 0.5) is 5.69 Å². The van der Waals surface area contributed by atoms with Gasteiger partial charge in [-0.2, -0.15) is 0 Å². The van der Waals surface area contributed by atoms with Gasteiger partial charge in [-0.1, -0.05) is 45.6 Å². The van der Waals surface area contributed by atoms with Crippen molar-refractivity contribution in [2.45, 2.75) is 51.9 Å². The van der Waals surface area contributed by atoms with E-state index in [0.29, 0.717) is 30.5 Å². The van der Waals surface area contributed by atoms with E-state index in [-0.39, 0.29) is 18.0 Å². The van der Waals surface area contributed by atoms with Crippen LogP contribution in [0.3, 0.4) is 0 Å². The summed E-state index contributed by atoms with van der Waals surface area (Å²) in [5.41, 5.74) is 7.85. The molecule has 3 N–H and O–H groups in total. The van der Waals surface area contributed by atoms with Gasteiger partial charge >= 0.3 is 5.97 Å². The predicted molar refractivity (Wildman–Crippen MR) is 106 cm³/mol. The van der Waals surface area contributed by atoms with Crippen LogP contribution < -0.4 is 10.5 Å². The summed E-state index contributed by atoms with van der Waals surface area (Å²) in [6, 6.07) is 3.45. The number of ether oxygens (including phenoxy) is 1. The van der Waals surface area contributed by atoms with Gasteiger partial charge in [0.25, 0.3) is 0 Å². The molecule has 0 aromatic heterocycles. The van der Waals surface area contributed by atoms with Crippen LogP contribution in [0, 0.1) is 0 Å². The fraction of sp³-hybridized carbons (Fsp3) is 0.632. The largest absolute Gasteiger partial charge is 0.489 e. The first kappa shape index (κ1) is 23.5. The Labute approximate surface area is 157 Å². The highest BCUT2D eigenvalue weighted by Crippen LogP contribution is 2.36. The lowest BCUT2D eigenvalue weighted by molar-refractivity contribution is 0.0692. The van der Waals surface area contributed by atoms with Crippen molar-refractivity contribution in [1.82, 2.24) is 4.90 Å². The standard InChI is InChI=1S/C19H32N2O3.ClH/c1-5-6-7-8-9-14(2)15-10-11-16(19(22)23)18(17(15)20)24-13-12-21(3)4;/h10-11,14H,5-9,12-13,20H2,1-4H3,(H,22,23);1H. The third kappa shape index (κ3) is 7.53. The number of hydrogen-bond donors (Lipinski definition) is 2. The Hall–Kier alpha value is -1.46. The van der Waals surface area contributed by atoms with E-state index in [2.05, 4.69) is 13.8 Å². The van der Waals surface area contributed by atoms with Crippen LogP contribution in [-0.2, 0) is 0 Å². The van der Waals surface area contributed by atoms with Crippen LogP contribution in [0.25, 0.3) is 0 Å². The summed E-state index contributed by atoms with van der Waals surface area (Å²) in [6.07, 6.45) is 5.90. The summed E-state index contributed by atoms with van der Waals surface area (Å²) in [5.74, 6) is -0.410. The second-order valence-electron chi connectivity index (χ2n) is 6.65. The number of carbonyl (C=O) groups is 1. The number of unbranched alkanes of at least 4 members (excludes halogenated alkanes) is 3. The maximum absolute atomic E-state index is 11.5. The lowest BCUT2D eigenvalue weighted by atomic mass is 9.92. The van der Waals surface area contributed by atoms with Gasteiger partial charge in [-0.3, -0.25) is 0 Å². The van der Waals surface area contributed by atoms with Gasteiger partial charge in [-0.05, 0) is 38.1 Å². The van der Waals surface area contributed by atoms with Crippen LogP contribution in [0.2, 0.25) is 0 Å². The zero-order valence-electron chi connectivity index (χ0n) is 15.9. The van der Waals surface area contributed by atoms with Crippen LogP contribution in [0.15, 0.2) is 12.1 Å². The van der Waals surface area contributed by atoms with Crippen LogP contribution in [0.1, 0.15) is 67.8 Å². The molecule has 1 unspecified atom stereocenters. The van der Waals surface area contributed by atoms with Crippen LogP contribution in [0.5, 0.6) is 5.75 Å². The minimum atomic E-state index is -1.01. The molecular weight excluding hydrogens is 340 g/mol. The molecule has 1 atom stereocenters. The average Bonchev–Trinajstić information content (AvgIpc) is 2.52. The monoisotopic (exact) mass is 372 g/mol. The maximum Gasteiger partial charge on any atom is 0.339 e. The van der Waals surface area contributed by atoms with E-state index in [4.69, 9.17) is 10.5 Å². The van der Waals surface area contributed by atoms with Crippen molar-refractivity contribution in [3.8, 4) is 5.75 Å². The number of halogens is 1. The lowest BCUT2D eigenvalue weighted by Crippen LogP contribution is -2.20. The van der Waals surface area contributed by atoms with Crippen molar-refractivity contribution in [2.75, 3.05) is 33.0 Å². The van der Waals surface area contributed by atoms with E-state index >= 15 is 0 Å². The molecule has 144 valence electrons. The molecule has 1 aromatic carbocycles. The molecule has 1 aromatic rings. The molecule has 0 aliphatic rings. The first-order chi connectivity index (χ1) is 11.4. The van der Waals surface area contributed by atoms with Gasteiger partial charge < -0.3 is 20.5 Å². The molecule has 0 heterocycles. The Balaban J connectivity index is 0.00000576. The Bertz CT molecular complexity index is 536. The summed E-state index contributed by atoms with van der Waals surface area (Å²) in [5, 5.41) is 9.38. The highest BCUT2D eigenvalue weighted by Gasteiger charge is 2.20. The number of nitrogens with zero attached hydrogens (tertiary/aromatic N) is 1. The first-order valence-electron chi connectivity index (χ1n) is 8.81. The highest BCUT2D eigenvalue weighted by molar-refractivity contribution is 5.93. The minimum Gasteiger partial charge on any atom is -0.489 e. The van der Waals surface area contributed by atoms with Gasteiger partial charge in [-0.15, -0.1) is 12.4 Å². The number of carboxylic acid groups (broad SMARTS) is 1. The Morgan fingerprint density at radius 1 is 1.28 bits per heavy atom. The molecule has 1 rings (SSSR count). The summed E-state index contributed by atoms with van der Waals surface area (Å²) >= 11 is 0. The molecule has 0 aliphatic heterocycles. The molecule has 0 radical (unpaired) electrons. The van der Waals surface area contributed by atoms with Crippen molar-refractivity contribution >= 4 is 24.1 Å². The van der Waals surface area contributed by atoms with Gasteiger partial charge in [0.15, 0.2) is 5.75 Å². The molecule has 0 saturated carbocycles. The summed E-state index contributed by atoms with van der Waals surface area (Å²) in [4.78, 5) is 13.4. The molecular formula is C19H33ClN2O3. The first-order valence-corrected chi connectivity index (χ1v) is 8.81. The van der Waals surface area contributed by atoms with Gasteiger partial charge in [0.1, 0.15) is 12.2 Å². The van der Waals surface area contributed by atoms with Gasteiger partial charge in [-0.25, -0.2) is 4.79 Å². The maximum atomic E-state index is 11.5. The Morgan fingerprint density at radius 3 is 2.52 bits per heavy atom. The smallest absolute Gasteiger partial charge is 0.339 e. The SMILES string of the molecule is CCCCCCC(C)c1ccc(C(=O)O)c(OCCN(C)C)c1N.Cl. The molecule has 25 heavy (non-hydrogen) atoms. The molecule has 0 saturated heterocycles. The van der Waals surface area contributed by atoms with E-state index in [0.717, 1.165) is 18.4 Å². The van der Waals surface area contributed by atoms with E-state index in [1.54, 1.807) is 6.07 Å². The normalized spacial score (nSPS) is 11.9. The molecule has 0 bridgehead atoms. The number of likely N-dealkylation sites (N-methyl/N-ethyl adjacent to an activating group) is 1. The zero-order valence-corrected chi connectivity index (χ0v) is 16.7. The highest BCUT2D eigenvalue weighted by atomic mass is 35.5. The fourth-order valence-corrected chi connectivity index (χ4v) is 2.73. The molecule has 0 amide bonds. The van der Waals surface area contributed by atoms with Crippen LogP contribution >= 0.6 is 12.4 Å². The van der Waals surface area contributed by atoms with E-state index in [1.165, 1.54) is 19.3 Å². The summed E-state index contributed by atoms with van der Waals surface area (Å²) in [6.45, 7) is 5.45. The zero-order chi connectivity index (χ0) is 18.1. The molecule has 6 heteroatoms. The fourth-order valence-electron chi connectivity index (χ4n) is 2.73. The second-order valence-corrected chi connectivity index (χ2v) is 6.65. The van der Waals surface area contributed by atoms with Gasteiger partial charge in [0.2, 0.25) is 0 Å². The van der Waals surface area contributed by atoms with E-state index < -0.39 is 5.97 Å². The lowest BCUT2D eigenvalue weighted by Gasteiger charge is -2.20. The average molecular weight is 373 g/mol. The molecule has 0 fully saturated rings. The number of nitrogens with two attached hydrogens (primary N) is 1. The quantitative estimate of drug-likeness (QED) is 0.444. The van der Waals surface area contributed by atoms with E-state index in [1.807, 2.05) is 25.1 Å². The number of anilines is 1. The number of carboxylic acids is 1. The number of rotatable bonds is 11. The van der Waals surface area contributed by atoms with Crippen molar-refractivity contribution < 1.29 is 14.6 Å². The van der Waals surface area contributed by atoms with Gasteiger partial charge in [0.05, 0.1) is 5.69 Å². The minimum absolute atomic E-state index is 0. The van der Waals surface area contributed by atoms with Crippen molar-refractivity contribution in [3.05, 3.63) is 23.3 Å². The Kier molecular flexibility index (Phi) is 11.3. The Morgan fingerprint density at radius 2 is 1.96 bits per heavy atom. The van der Waals surface area contributed by atoms with Crippen molar-refractivity contribution in [1.29, 1.82) is 0 Å². The number of nitrogen functional groups attached to an aromatic ring is 1. The summed E-state index contributed by atoms with van der Waals surface area (Å²) < 4.78 is 5.73. The second kappa shape index (κ2) is 12.0. The van der Waals surface area contributed by atoms with Crippen molar-refractivity contribution in [2.24, 2.45) is 0 Å². The van der Waals surface area contributed by atoms with Gasteiger partial charge in [0, 0.05) is 6.54 Å². The van der Waals surface area contributed by atoms with Crippen LogP contribution in [-0.4, -0.2) is 43.2 Å². The third-order valence-electron chi connectivity index (χ3n) is 4.27. The van der Waals surface area contributed by atoms with E-state index in [9.17, 15) is 9.90 Å². The summed E-state index contributed by atoms with van der Waals surface area (Å²) in [7, 11) is 3.89. The van der Waals surface area contributed by atoms with Crippen molar-refractivity contribution in [3.63, 3.8) is 0 Å². The number of aromatic carboxylic acids is 1. The molecule has 5 nitrogen and oxygen atoms in total. The molecule has 0 spiro atoms. The third-order valence-corrected chi connectivity index (χ3v) is 4.27. The predicted octanol–water partition coefficient (Wildman–Crippen LogP) is 4.40. The molecule has 0 aliphatic carbocycles. The number of hydrogen-bond acceptors (Lipinski definition) is 4. The number of benzene rings is 1.